The molecule has 0 aromatic rings. The second-order valence-corrected chi connectivity index (χ2v) is 22.6. The van der Waals surface area contributed by atoms with E-state index < -0.39 is 188 Å². The zero-order chi connectivity index (χ0) is 57.3. The van der Waals surface area contributed by atoms with Crippen molar-refractivity contribution in [2.75, 3.05) is 41.5 Å². The van der Waals surface area contributed by atoms with Crippen LogP contribution >= 0.6 is 0 Å². The summed E-state index contributed by atoms with van der Waals surface area (Å²) in [7, 11) is 6.16. The van der Waals surface area contributed by atoms with Crippen LogP contribution in [0.15, 0.2) is 5.16 Å². The zero-order valence-corrected chi connectivity index (χ0v) is 46.3. The van der Waals surface area contributed by atoms with Gasteiger partial charge >= 0.3 is 5.97 Å². The van der Waals surface area contributed by atoms with Crippen molar-refractivity contribution in [1.82, 2.24) is 4.90 Å². The third-order valence-electron chi connectivity index (χ3n) is 16.4. The summed E-state index contributed by atoms with van der Waals surface area (Å²) >= 11 is 0. The molecule has 5 aliphatic rings. The molecule has 0 saturated carbocycles. The molecular formula is C50H90N2O24. The Morgan fingerprint density at radius 2 is 1.36 bits per heavy atom. The van der Waals surface area contributed by atoms with Crippen LogP contribution < -0.4 is 0 Å². The molecule has 0 aromatic carbocycles. The fourth-order valence-electron chi connectivity index (χ4n) is 11.6. The normalized spacial score (nSPS) is 51.0. The molecule has 5 aliphatic heterocycles. The Morgan fingerprint density at radius 1 is 0.711 bits per heavy atom. The number of oxime groups is 1. The van der Waals surface area contributed by atoms with Crippen LogP contribution in [-0.4, -0.2) is 265 Å². The summed E-state index contributed by atoms with van der Waals surface area (Å²) in [5.74, 6) is -8.30. The van der Waals surface area contributed by atoms with E-state index in [1.165, 1.54) is 34.8 Å². The number of hydrogen-bond donors (Lipinski definition) is 12. The van der Waals surface area contributed by atoms with Crippen LogP contribution in [0.2, 0.25) is 0 Å². The fraction of sp³-hybridized carbons (Fsp3) is 0.960. The minimum Gasteiger partial charge on any atom is -0.459 e. The fourth-order valence-corrected chi connectivity index (χ4v) is 11.6. The predicted molar refractivity (Wildman–Crippen MR) is 262 cm³/mol. The molecule has 5 saturated heterocycles. The van der Waals surface area contributed by atoms with E-state index in [-0.39, 0.29) is 25.0 Å². The predicted octanol–water partition coefficient (Wildman–Crippen LogP) is -2.81. The SMILES string of the molecule is CCC1OC(=O)[C@H](C)C(O[C@H]2C[C@@](C)(OC)[C@@H](O)[C@H](C)O2)[C@H](C)[C@@H](O[C@@H]2O[C@H](C)C[C@H](N(C)C)[C@H]2O)[C@](C)(O)C[C@@H](C)/C(=N\O[C@@H]2[C@H](O)[C@@H](O)[C@@H](O[C@]3(O)[C@H](O)[C@@H](O)[C@H](OC)O[C@@H]3CO)O[C@@H]2CO)[C@H](C)[C@@H](O)[C@]1(C)O. The van der Waals surface area contributed by atoms with E-state index in [0.29, 0.717) is 6.42 Å². The van der Waals surface area contributed by atoms with Crippen molar-refractivity contribution in [3.05, 3.63) is 0 Å². The number of hydrogen-bond acceptors (Lipinski definition) is 26. The Labute approximate surface area is 444 Å². The van der Waals surface area contributed by atoms with Gasteiger partial charge in [0.25, 0.3) is 0 Å². The number of methoxy groups -OCH3 is 2. The molecule has 0 bridgehead atoms. The lowest BCUT2D eigenvalue weighted by molar-refractivity contribution is -0.440. The van der Waals surface area contributed by atoms with Gasteiger partial charge in [0.1, 0.15) is 60.5 Å². The average molecular weight is 1100 g/mol. The van der Waals surface area contributed by atoms with Gasteiger partial charge in [-0.05, 0) is 74.9 Å². The van der Waals surface area contributed by atoms with Gasteiger partial charge in [-0.3, -0.25) is 4.79 Å². The summed E-state index contributed by atoms with van der Waals surface area (Å²) in [6.45, 7) is 13.9. The van der Waals surface area contributed by atoms with Crippen LogP contribution in [0.1, 0.15) is 94.9 Å². The number of carbonyl (C=O) groups is 1. The first-order valence-corrected chi connectivity index (χ1v) is 26.2. The second kappa shape index (κ2) is 25.9. The quantitative estimate of drug-likeness (QED) is 0.0474. The lowest BCUT2D eigenvalue weighted by atomic mass is 9.73. The molecular weight excluding hydrogens is 1010 g/mol. The maximum absolute atomic E-state index is 14.6. The number of ether oxygens (including phenoxy) is 10. The van der Waals surface area contributed by atoms with Crippen LogP contribution in [0.25, 0.3) is 0 Å². The van der Waals surface area contributed by atoms with Gasteiger partial charge in [0.05, 0.1) is 66.6 Å². The molecule has 5 heterocycles. The Kier molecular flexibility index (Phi) is 22.1. The lowest BCUT2D eigenvalue weighted by Crippen LogP contribution is -2.71. The molecule has 28 atom stereocenters. The van der Waals surface area contributed by atoms with Crippen molar-refractivity contribution in [2.45, 2.75) is 240 Å². The van der Waals surface area contributed by atoms with Gasteiger partial charge in [0.2, 0.25) is 5.79 Å². The van der Waals surface area contributed by atoms with E-state index in [9.17, 15) is 66.1 Å². The summed E-state index contributed by atoms with van der Waals surface area (Å²) in [6, 6.07) is -0.450. The van der Waals surface area contributed by atoms with Crippen LogP contribution in [-0.2, 0) is 57.0 Å². The summed E-state index contributed by atoms with van der Waals surface area (Å²) in [6.07, 6.45) is -29.0. The molecule has 5 rings (SSSR count). The smallest absolute Gasteiger partial charge is 0.311 e. The standard InChI is InChI=1S/C50H90N2O24/c1-15-29-49(10,64)39(59)23(4)32(51-76-38-28(19-53)70-46(35(57)34(38)56)75-50(65)30(20-54)72-44(66-13)36(58)41(50)61)21(2)17-47(8,63)42(74-45-33(55)27(52(11)12)16-22(3)68-45)24(5)37(25(6)43(62)71-29)73-31-18-48(9,67-14)40(60)26(7)69-31/h21-31,33-42,44-46,53-61,63-65H,15-20H2,1-14H3/b51-32+/t21-,22-,23+,24+,25-,26+,27+,28-,29?,30-,31+,33-,34-,35-,36-,37?,38+,39-,40+,41-,42-,44-,45+,46-,47-,48-,49-,50+/m1/s1. The van der Waals surface area contributed by atoms with E-state index in [0.717, 1.165) is 7.11 Å². The number of likely N-dealkylation sites (N-methyl/N-ethyl adjacent to an activating group) is 1. The van der Waals surface area contributed by atoms with Crippen molar-refractivity contribution in [2.24, 2.45) is 28.8 Å². The van der Waals surface area contributed by atoms with E-state index in [2.05, 4.69) is 5.16 Å². The third-order valence-corrected chi connectivity index (χ3v) is 16.4. The molecule has 12 N–H and O–H groups in total. The van der Waals surface area contributed by atoms with E-state index in [1.54, 1.807) is 48.7 Å². The molecule has 26 nitrogen and oxygen atoms in total. The Hall–Kier alpha value is -1.94. The molecule has 0 aromatic heterocycles. The number of rotatable bonds is 14. The highest BCUT2D eigenvalue weighted by Crippen LogP contribution is 2.42. The van der Waals surface area contributed by atoms with Gasteiger partial charge in [-0.25, -0.2) is 0 Å². The van der Waals surface area contributed by atoms with Gasteiger partial charge in [-0.15, -0.1) is 0 Å². The number of aliphatic hydroxyl groups excluding tert-OH is 9. The largest absolute Gasteiger partial charge is 0.459 e. The monoisotopic (exact) mass is 1100 g/mol. The summed E-state index contributed by atoms with van der Waals surface area (Å²) < 4.78 is 59.4. The highest BCUT2D eigenvalue weighted by atomic mass is 16.8. The second-order valence-electron chi connectivity index (χ2n) is 22.6. The zero-order valence-electron chi connectivity index (χ0n) is 46.3. The molecule has 76 heavy (non-hydrogen) atoms. The number of esters is 1. The van der Waals surface area contributed by atoms with Crippen molar-refractivity contribution >= 4 is 11.7 Å². The molecule has 5 fully saturated rings. The first kappa shape index (κ1) is 64.9. The minimum atomic E-state index is -2.98. The Balaban J connectivity index is 1.59. The number of cyclic esters (lactones) is 1. The molecule has 26 heteroatoms. The first-order chi connectivity index (χ1) is 35.3. The van der Waals surface area contributed by atoms with Crippen molar-refractivity contribution in [1.29, 1.82) is 0 Å². The number of nitrogens with zero attached hydrogens (tertiary/aromatic N) is 2. The molecule has 2 unspecified atom stereocenters. The first-order valence-electron chi connectivity index (χ1n) is 26.2. The summed E-state index contributed by atoms with van der Waals surface area (Å²) in [5, 5.41) is 141. The molecule has 0 aliphatic carbocycles. The van der Waals surface area contributed by atoms with Crippen LogP contribution in [0.4, 0.5) is 0 Å². The summed E-state index contributed by atoms with van der Waals surface area (Å²) in [5.41, 5.74) is -5.49. The van der Waals surface area contributed by atoms with Gasteiger partial charge in [0, 0.05) is 44.4 Å². The number of carbonyl (C=O) groups excluding carboxylic acids is 1. The van der Waals surface area contributed by atoms with Gasteiger partial charge in [0.15, 0.2) is 31.3 Å². The molecule has 0 amide bonds. The van der Waals surface area contributed by atoms with Crippen LogP contribution in [0.3, 0.4) is 0 Å². The van der Waals surface area contributed by atoms with Crippen LogP contribution in [0, 0.1) is 23.7 Å². The summed E-state index contributed by atoms with van der Waals surface area (Å²) in [4.78, 5) is 22.3. The van der Waals surface area contributed by atoms with Crippen molar-refractivity contribution in [3.63, 3.8) is 0 Å². The average Bonchev–Trinajstić information content (AvgIpc) is 3.36. The maximum atomic E-state index is 14.6. The van der Waals surface area contributed by atoms with E-state index in [1.807, 2.05) is 11.8 Å². The molecule has 0 spiro atoms. The van der Waals surface area contributed by atoms with Crippen molar-refractivity contribution in [3.8, 4) is 0 Å². The maximum Gasteiger partial charge on any atom is 0.311 e. The van der Waals surface area contributed by atoms with Gasteiger partial charge in [-0.1, -0.05) is 32.9 Å². The number of aliphatic hydroxyl groups is 12. The minimum absolute atomic E-state index is 0.00587. The highest BCUT2D eigenvalue weighted by Gasteiger charge is 2.60. The Morgan fingerprint density at radius 3 is 1.92 bits per heavy atom. The van der Waals surface area contributed by atoms with Crippen LogP contribution in [0.5, 0.6) is 0 Å². The third kappa shape index (κ3) is 13.4. The van der Waals surface area contributed by atoms with Gasteiger partial charge in [-0.2, -0.15) is 0 Å². The highest BCUT2D eigenvalue weighted by molar-refractivity contribution is 5.88. The molecule has 444 valence electrons. The van der Waals surface area contributed by atoms with E-state index >= 15 is 0 Å². The van der Waals surface area contributed by atoms with Gasteiger partial charge < -0.3 is 118 Å². The Bertz CT molecular complexity index is 1880. The molecule has 0 radical (unpaired) electrons. The topological polar surface area (TPSA) is 377 Å². The van der Waals surface area contributed by atoms with Crippen molar-refractivity contribution < 1.29 is 118 Å². The lowest BCUT2D eigenvalue weighted by Gasteiger charge is -2.50. The van der Waals surface area contributed by atoms with E-state index in [4.69, 9.17) is 52.2 Å².